The van der Waals surface area contributed by atoms with Gasteiger partial charge in [0, 0.05) is 19.6 Å². The number of likely N-dealkylation sites (tertiary alicyclic amines) is 1. The molecule has 0 radical (unpaired) electrons. The van der Waals surface area contributed by atoms with Gasteiger partial charge in [0.2, 0.25) is 0 Å². The van der Waals surface area contributed by atoms with Crippen molar-refractivity contribution in [2.75, 3.05) is 13.1 Å². The summed E-state index contributed by atoms with van der Waals surface area (Å²) in [7, 11) is 0. The van der Waals surface area contributed by atoms with Crippen LogP contribution in [-0.2, 0) is 6.54 Å². The van der Waals surface area contributed by atoms with E-state index in [2.05, 4.69) is 4.90 Å². The molecule has 17 heavy (non-hydrogen) atoms. The van der Waals surface area contributed by atoms with Gasteiger partial charge in [0.05, 0.1) is 17.2 Å². The fourth-order valence-electron chi connectivity index (χ4n) is 2.24. The Kier molecular flexibility index (Phi) is 3.14. The summed E-state index contributed by atoms with van der Waals surface area (Å²) in [5, 5.41) is 18.6. The highest BCUT2D eigenvalue weighted by Gasteiger charge is 2.31. The molecule has 0 bridgehead atoms. The minimum absolute atomic E-state index is 0.339. The van der Waals surface area contributed by atoms with E-state index in [1.807, 2.05) is 6.07 Å². The van der Waals surface area contributed by atoms with Gasteiger partial charge in [0.1, 0.15) is 5.82 Å². The van der Waals surface area contributed by atoms with Crippen molar-refractivity contribution in [2.24, 2.45) is 0 Å². The topological polar surface area (TPSA) is 47.3 Å². The molecular formula is C13H15FN2O. The van der Waals surface area contributed by atoms with Crippen molar-refractivity contribution < 1.29 is 9.50 Å². The van der Waals surface area contributed by atoms with Crippen LogP contribution < -0.4 is 0 Å². The zero-order valence-electron chi connectivity index (χ0n) is 9.78. The number of β-amino-alcohol motifs (C(OH)–C–C–N with tert-alkyl or cyclic N) is 1. The summed E-state index contributed by atoms with van der Waals surface area (Å²) in [6.45, 7) is 3.76. The molecule has 1 aliphatic rings. The van der Waals surface area contributed by atoms with Crippen LogP contribution in [0.25, 0.3) is 0 Å². The Hall–Kier alpha value is -1.44. The molecule has 90 valence electrons. The third-order valence-electron chi connectivity index (χ3n) is 3.02. The van der Waals surface area contributed by atoms with Crippen molar-refractivity contribution in [3.8, 4) is 6.07 Å². The number of aliphatic hydroxyl groups is 1. The summed E-state index contributed by atoms with van der Waals surface area (Å²) >= 11 is 0. The van der Waals surface area contributed by atoms with Crippen LogP contribution >= 0.6 is 0 Å². The van der Waals surface area contributed by atoms with Gasteiger partial charge in [0.15, 0.2) is 0 Å². The zero-order valence-corrected chi connectivity index (χ0v) is 9.78. The monoisotopic (exact) mass is 234 g/mol. The zero-order chi connectivity index (χ0) is 12.5. The van der Waals surface area contributed by atoms with E-state index in [-0.39, 0.29) is 5.82 Å². The van der Waals surface area contributed by atoms with Gasteiger partial charge >= 0.3 is 0 Å². The van der Waals surface area contributed by atoms with Crippen LogP contribution in [0.5, 0.6) is 0 Å². The molecule has 4 heteroatoms. The lowest BCUT2D eigenvalue weighted by Crippen LogP contribution is -2.29. The number of nitrogens with zero attached hydrogens (tertiary/aromatic N) is 2. The molecule has 0 aromatic heterocycles. The van der Waals surface area contributed by atoms with Crippen LogP contribution in [0.15, 0.2) is 18.2 Å². The van der Waals surface area contributed by atoms with E-state index < -0.39 is 5.60 Å². The first-order valence-corrected chi connectivity index (χ1v) is 5.63. The smallest absolute Gasteiger partial charge is 0.124 e. The molecule has 0 amide bonds. The van der Waals surface area contributed by atoms with Crippen LogP contribution in [0.1, 0.15) is 24.5 Å². The number of rotatable bonds is 2. The molecule has 1 aromatic rings. The number of hydrogen-bond donors (Lipinski definition) is 1. The molecule has 1 heterocycles. The first-order valence-electron chi connectivity index (χ1n) is 5.63. The molecule has 1 N–H and O–H groups in total. The fourth-order valence-corrected chi connectivity index (χ4v) is 2.24. The Balaban J connectivity index is 2.10. The van der Waals surface area contributed by atoms with Gasteiger partial charge in [-0.05, 0) is 37.1 Å². The largest absolute Gasteiger partial charge is 0.389 e. The molecule has 0 saturated carbocycles. The second-order valence-electron chi connectivity index (χ2n) is 4.92. The molecule has 1 unspecified atom stereocenters. The Morgan fingerprint density at radius 2 is 2.29 bits per heavy atom. The first kappa shape index (κ1) is 12.0. The van der Waals surface area contributed by atoms with Crippen LogP contribution in [0.2, 0.25) is 0 Å². The van der Waals surface area contributed by atoms with Gasteiger partial charge in [-0.15, -0.1) is 0 Å². The Morgan fingerprint density at radius 3 is 2.88 bits per heavy atom. The van der Waals surface area contributed by atoms with Crippen molar-refractivity contribution in [1.82, 2.24) is 4.90 Å². The van der Waals surface area contributed by atoms with Crippen molar-refractivity contribution in [3.05, 3.63) is 35.1 Å². The molecule has 2 rings (SSSR count). The highest BCUT2D eigenvalue weighted by atomic mass is 19.1. The predicted octanol–water partition coefficient (Wildman–Crippen LogP) is 1.65. The quantitative estimate of drug-likeness (QED) is 0.846. The molecule has 1 atom stereocenters. The van der Waals surface area contributed by atoms with Crippen molar-refractivity contribution in [1.29, 1.82) is 5.26 Å². The minimum atomic E-state index is -0.647. The summed E-state index contributed by atoms with van der Waals surface area (Å²) in [4.78, 5) is 2.07. The first-order chi connectivity index (χ1) is 7.98. The van der Waals surface area contributed by atoms with Gasteiger partial charge in [0.25, 0.3) is 0 Å². The summed E-state index contributed by atoms with van der Waals surface area (Å²) in [6, 6.07) is 6.30. The molecule has 3 nitrogen and oxygen atoms in total. The van der Waals surface area contributed by atoms with E-state index in [4.69, 9.17) is 5.26 Å². The molecule has 1 saturated heterocycles. The van der Waals surface area contributed by atoms with E-state index in [9.17, 15) is 9.50 Å². The second-order valence-corrected chi connectivity index (χ2v) is 4.92. The van der Waals surface area contributed by atoms with E-state index in [1.165, 1.54) is 12.1 Å². The molecule has 1 aromatic carbocycles. The standard InChI is InChI=1S/C13H15FN2O/c1-13(17)2-3-16(9-13)8-11-4-10(7-15)5-12(14)6-11/h4-6,17H,2-3,8-9H2,1H3. The predicted molar refractivity (Wildman–Crippen MR) is 61.6 cm³/mol. The van der Waals surface area contributed by atoms with Crippen molar-refractivity contribution in [2.45, 2.75) is 25.5 Å². The van der Waals surface area contributed by atoms with Crippen molar-refractivity contribution >= 4 is 0 Å². The Morgan fingerprint density at radius 1 is 1.53 bits per heavy atom. The van der Waals surface area contributed by atoms with Crippen LogP contribution in [0.3, 0.4) is 0 Å². The third kappa shape index (κ3) is 3.02. The van der Waals surface area contributed by atoms with Gasteiger partial charge in [-0.3, -0.25) is 4.90 Å². The number of hydrogen-bond acceptors (Lipinski definition) is 3. The molecule has 1 aliphatic heterocycles. The lowest BCUT2D eigenvalue weighted by molar-refractivity contribution is 0.0679. The number of halogens is 1. The SMILES string of the molecule is CC1(O)CCN(Cc2cc(F)cc(C#N)c2)C1. The number of nitriles is 1. The highest BCUT2D eigenvalue weighted by Crippen LogP contribution is 2.22. The maximum absolute atomic E-state index is 13.2. The normalized spacial score (nSPS) is 24.8. The molecule has 1 fully saturated rings. The summed E-state index contributed by atoms with van der Waals surface area (Å²) in [5.41, 5.74) is 0.468. The lowest BCUT2D eigenvalue weighted by Gasteiger charge is -2.18. The molecule has 0 aliphatic carbocycles. The van der Waals surface area contributed by atoms with Crippen LogP contribution in [0, 0.1) is 17.1 Å². The maximum Gasteiger partial charge on any atom is 0.124 e. The van der Waals surface area contributed by atoms with E-state index >= 15 is 0 Å². The second kappa shape index (κ2) is 4.44. The van der Waals surface area contributed by atoms with E-state index in [0.29, 0.717) is 18.7 Å². The van der Waals surface area contributed by atoms with Crippen LogP contribution in [0.4, 0.5) is 4.39 Å². The average molecular weight is 234 g/mol. The highest BCUT2D eigenvalue weighted by molar-refractivity contribution is 5.33. The van der Waals surface area contributed by atoms with E-state index in [1.54, 1.807) is 13.0 Å². The lowest BCUT2D eigenvalue weighted by atomic mass is 10.1. The third-order valence-corrected chi connectivity index (χ3v) is 3.02. The summed E-state index contributed by atoms with van der Waals surface area (Å²) in [5.74, 6) is -0.384. The number of benzene rings is 1. The maximum atomic E-state index is 13.2. The van der Waals surface area contributed by atoms with E-state index in [0.717, 1.165) is 18.5 Å². The van der Waals surface area contributed by atoms with Gasteiger partial charge < -0.3 is 5.11 Å². The van der Waals surface area contributed by atoms with Crippen LogP contribution in [-0.4, -0.2) is 28.7 Å². The summed E-state index contributed by atoms with van der Waals surface area (Å²) in [6.07, 6.45) is 0.730. The molecular weight excluding hydrogens is 219 g/mol. The van der Waals surface area contributed by atoms with Gasteiger partial charge in [-0.1, -0.05) is 0 Å². The van der Waals surface area contributed by atoms with Gasteiger partial charge in [-0.2, -0.15) is 5.26 Å². The van der Waals surface area contributed by atoms with Gasteiger partial charge in [-0.25, -0.2) is 4.39 Å². The minimum Gasteiger partial charge on any atom is -0.389 e. The van der Waals surface area contributed by atoms with Crippen molar-refractivity contribution in [3.63, 3.8) is 0 Å². The molecule has 0 spiro atoms. The fraction of sp³-hybridized carbons (Fsp3) is 0.462. The summed E-state index contributed by atoms with van der Waals surface area (Å²) < 4.78 is 13.2. The average Bonchev–Trinajstić information content (AvgIpc) is 2.57. The Labute approximate surface area is 100 Å². The Bertz CT molecular complexity index is 465.